The number of aromatic nitrogens is 2. The van der Waals surface area contributed by atoms with Gasteiger partial charge in [-0.3, -0.25) is 14.5 Å². The van der Waals surface area contributed by atoms with Crippen molar-refractivity contribution in [2.24, 2.45) is 0 Å². The number of hydrogen-bond donors (Lipinski definition) is 0. The molecule has 11 nitrogen and oxygen atoms in total. The summed E-state index contributed by atoms with van der Waals surface area (Å²) in [5, 5.41) is 1.26. The van der Waals surface area contributed by atoms with E-state index in [4.69, 9.17) is 0 Å². The van der Waals surface area contributed by atoms with E-state index in [1.807, 2.05) is 23.1 Å². The van der Waals surface area contributed by atoms with Crippen LogP contribution >= 0.6 is 22.7 Å². The highest BCUT2D eigenvalue weighted by Crippen LogP contribution is 2.42. The second-order valence-electron chi connectivity index (χ2n) is 16.2. The SMILES string of the molecule is CS(=O)(=O)c1cccc(C(=O)c2cnc(N3CCc4c(cc(C5=CC=C(CN6C[C@@H]7C[C@H]6CN7c6ncc(C(=O)c7cccc(S(C)(=O)=O)c7)s6)CC5)cc4C(F)(F)F)C3)s2)c1. The fraction of sp³-hybridized carbons (Fsp3) is 0.318. The number of nitrogens with zero attached hydrogens (tertiary/aromatic N) is 5. The van der Waals surface area contributed by atoms with Gasteiger partial charge in [-0.1, -0.05) is 64.7 Å². The smallest absolute Gasteiger partial charge is 0.343 e. The van der Waals surface area contributed by atoms with Crippen LogP contribution in [0.4, 0.5) is 23.4 Å². The summed E-state index contributed by atoms with van der Waals surface area (Å²) >= 11 is 2.44. The van der Waals surface area contributed by atoms with E-state index in [-0.39, 0.29) is 57.5 Å². The number of alkyl halides is 3. The predicted octanol–water partition coefficient (Wildman–Crippen LogP) is 7.52. The highest BCUT2D eigenvalue weighted by atomic mass is 32.2. The van der Waals surface area contributed by atoms with E-state index in [1.54, 1.807) is 18.3 Å². The number of rotatable bonds is 11. The summed E-state index contributed by atoms with van der Waals surface area (Å²) in [6.07, 6.45) is 7.04. The van der Waals surface area contributed by atoms with Crippen molar-refractivity contribution in [3.05, 3.63) is 134 Å². The Balaban J connectivity index is 0.862. The zero-order valence-corrected chi connectivity index (χ0v) is 36.8. The van der Waals surface area contributed by atoms with Gasteiger partial charge in [0.2, 0.25) is 11.6 Å². The van der Waals surface area contributed by atoms with E-state index in [9.17, 15) is 39.6 Å². The van der Waals surface area contributed by atoms with E-state index < -0.39 is 31.4 Å². The van der Waals surface area contributed by atoms with E-state index >= 15 is 0 Å². The lowest BCUT2D eigenvalue weighted by atomic mass is 9.86. The van der Waals surface area contributed by atoms with Crippen LogP contribution in [0.5, 0.6) is 0 Å². The van der Waals surface area contributed by atoms with Gasteiger partial charge >= 0.3 is 6.18 Å². The lowest BCUT2D eigenvalue weighted by Crippen LogP contribution is -2.47. The van der Waals surface area contributed by atoms with Crippen LogP contribution in [0.25, 0.3) is 5.57 Å². The number of sulfone groups is 2. The monoisotopic (exact) mass is 919 g/mol. The first kappa shape index (κ1) is 42.3. The molecule has 18 heteroatoms. The Morgan fingerprint density at radius 3 is 1.97 bits per heavy atom. The molecule has 0 radical (unpaired) electrons. The van der Waals surface area contributed by atoms with Crippen molar-refractivity contribution < 1.29 is 39.6 Å². The number of fused-ring (bicyclic) bond motifs is 3. The number of carbonyl (C=O) groups is 2. The minimum absolute atomic E-state index is 0.0302. The van der Waals surface area contributed by atoms with Crippen LogP contribution in [-0.2, 0) is 38.8 Å². The molecule has 2 atom stereocenters. The molecule has 0 unspecified atom stereocenters. The highest BCUT2D eigenvalue weighted by molar-refractivity contribution is 7.91. The quantitative estimate of drug-likeness (QED) is 0.122. The maximum Gasteiger partial charge on any atom is 0.416 e. The van der Waals surface area contributed by atoms with Gasteiger partial charge in [0.1, 0.15) is 0 Å². The summed E-state index contributed by atoms with van der Waals surface area (Å²) in [5.74, 6) is -0.653. The fourth-order valence-electron chi connectivity index (χ4n) is 8.83. The molecule has 3 aromatic carbocycles. The summed E-state index contributed by atoms with van der Waals surface area (Å²) < 4.78 is 91.9. The predicted molar refractivity (Wildman–Crippen MR) is 233 cm³/mol. The lowest BCUT2D eigenvalue weighted by Gasteiger charge is -2.35. The minimum atomic E-state index is -4.54. The zero-order valence-electron chi connectivity index (χ0n) is 33.6. The molecule has 0 amide bonds. The largest absolute Gasteiger partial charge is 0.416 e. The molecule has 0 N–H and O–H groups in total. The van der Waals surface area contributed by atoms with Gasteiger partial charge in [-0.2, -0.15) is 13.2 Å². The minimum Gasteiger partial charge on any atom is -0.343 e. The Morgan fingerprint density at radius 1 is 0.774 bits per heavy atom. The number of likely N-dealkylation sites (tertiary alicyclic amines) is 1. The third-order valence-corrected chi connectivity index (χ3v) is 16.3. The van der Waals surface area contributed by atoms with Crippen molar-refractivity contribution in [3.8, 4) is 0 Å². The van der Waals surface area contributed by atoms with Crippen LogP contribution in [0.2, 0.25) is 0 Å². The van der Waals surface area contributed by atoms with Crippen LogP contribution in [0, 0.1) is 0 Å². The van der Waals surface area contributed by atoms with Gasteiger partial charge in [0.15, 0.2) is 29.9 Å². The average Bonchev–Trinajstić information content (AvgIpc) is 4.08. The first-order valence-corrected chi connectivity index (χ1v) is 25.3. The molecule has 5 heterocycles. The molecule has 2 saturated heterocycles. The van der Waals surface area contributed by atoms with E-state index in [0.717, 1.165) is 67.0 Å². The first-order chi connectivity index (χ1) is 29.4. The van der Waals surface area contributed by atoms with Gasteiger partial charge in [0.25, 0.3) is 0 Å². The highest BCUT2D eigenvalue weighted by Gasteiger charge is 2.44. The molecule has 2 fully saturated rings. The van der Waals surface area contributed by atoms with Crippen molar-refractivity contribution in [1.82, 2.24) is 14.9 Å². The average molecular weight is 920 g/mol. The van der Waals surface area contributed by atoms with Gasteiger partial charge in [-0.25, -0.2) is 26.8 Å². The Hall–Kier alpha value is -5.01. The number of carbonyl (C=O) groups excluding carboxylic acids is 2. The van der Waals surface area contributed by atoms with E-state index in [2.05, 4.69) is 19.8 Å². The summed E-state index contributed by atoms with van der Waals surface area (Å²) in [4.78, 5) is 43.0. The van der Waals surface area contributed by atoms with Crippen LogP contribution in [0.1, 0.15) is 72.0 Å². The summed E-state index contributed by atoms with van der Waals surface area (Å²) in [5.41, 5.74) is 3.30. The number of halogens is 3. The molecule has 2 aromatic heterocycles. The van der Waals surface area contributed by atoms with E-state index in [0.29, 0.717) is 44.5 Å². The van der Waals surface area contributed by atoms with Crippen LogP contribution < -0.4 is 9.80 Å². The van der Waals surface area contributed by atoms with Crippen molar-refractivity contribution >= 4 is 69.8 Å². The standard InChI is InChI=1S/C44H40F3N5O6S4/c1-61(55,56)34-7-3-5-28(16-34)40(53)38-20-48-42(59-38)50-14-13-36-31(23-50)15-30(18-37(36)44(45,46)47)27-11-9-26(10-12-27)22-51-24-33-19-32(51)25-52(33)43-49-21-39(60-43)41(54)29-6-4-8-35(17-29)62(2,57)58/h3-9,11,15-18,20-21,32-33H,10,12-14,19,22-25H2,1-2H3/t32-,33-/m0/s1. The molecule has 4 aliphatic rings. The molecule has 62 heavy (non-hydrogen) atoms. The topological polar surface area (TPSA) is 138 Å². The number of hydrogen-bond acceptors (Lipinski definition) is 13. The molecule has 9 rings (SSSR count). The zero-order chi connectivity index (χ0) is 43.7. The van der Waals surface area contributed by atoms with E-state index in [1.165, 1.54) is 65.6 Å². The lowest BCUT2D eigenvalue weighted by molar-refractivity contribution is -0.138. The number of benzene rings is 3. The van der Waals surface area contributed by atoms with Crippen molar-refractivity contribution in [1.29, 1.82) is 0 Å². The maximum absolute atomic E-state index is 14.6. The number of piperazine rings is 1. The fourth-order valence-corrected chi connectivity index (χ4v) is 12.0. The van der Waals surface area contributed by atoms with Gasteiger partial charge in [0.05, 0.1) is 37.5 Å². The molecule has 2 bridgehead atoms. The number of ketones is 2. The molecule has 0 spiro atoms. The Bertz CT molecular complexity index is 2940. The first-order valence-electron chi connectivity index (χ1n) is 19.9. The molecule has 322 valence electrons. The molecular weight excluding hydrogens is 880 g/mol. The van der Waals surface area contributed by atoms with Crippen LogP contribution in [0.3, 0.4) is 0 Å². The van der Waals surface area contributed by atoms with Gasteiger partial charge in [0, 0.05) is 68.4 Å². The van der Waals surface area contributed by atoms with Gasteiger partial charge < -0.3 is 9.80 Å². The maximum atomic E-state index is 14.6. The van der Waals surface area contributed by atoms with Crippen LogP contribution in [0.15, 0.2) is 101 Å². The van der Waals surface area contributed by atoms with Crippen molar-refractivity contribution in [2.45, 2.75) is 60.3 Å². The molecule has 1 aliphatic carbocycles. The molecule has 5 aromatic rings. The van der Waals surface area contributed by atoms with Gasteiger partial charge in [-0.05, 0) is 84.3 Å². The molecule has 0 saturated carbocycles. The third kappa shape index (κ3) is 8.42. The number of allylic oxidation sites excluding steroid dienone is 3. The second kappa shape index (κ2) is 16.0. The van der Waals surface area contributed by atoms with Crippen molar-refractivity contribution in [3.63, 3.8) is 0 Å². The Kier molecular flexibility index (Phi) is 10.9. The summed E-state index contributed by atoms with van der Waals surface area (Å²) in [7, 11) is -6.98. The summed E-state index contributed by atoms with van der Waals surface area (Å²) in [6, 6.07) is 15.5. The number of anilines is 2. The Morgan fingerprint density at radius 2 is 1.40 bits per heavy atom. The van der Waals surface area contributed by atoms with Crippen molar-refractivity contribution in [2.75, 3.05) is 48.5 Å². The van der Waals surface area contributed by atoms with Gasteiger partial charge in [-0.15, -0.1) is 0 Å². The molecule has 3 aliphatic heterocycles. The molecular formula is C44H40F3N5O6S4. The van der Waals surface area contributed by atoms with Crippen LogP contribution in [-0.4, -0.2) is 94.0 Å². The Labute approximate surface area is 365 Å². The third-order valence-electron chi connectivity index (χ3n) is 12.0. The normalized spacial score (nSPS) is 19.4. The number of thiazole rings is 2. The second-order valence-corrected chi connectivity index (χ2v) is 22.3. The summed E-state index contributed by atoms with van der Waals surface area (Å²) in [6.45, 7) is 2.82.